The SMILES string of the molecule is N#CCc1c(C(F)F)cnc(C(F)(F)F)c1C#N. The van der Waals surface area contributed by atoms with Crippen LogP contribution < -0.4 is 0 Å². The summed E-state index contributed by atoms with van der Waals surface area (Å²) in [5.74, 6) is 0. The first kappa shape index (κ1) is 13.8. The summed E-state index contributed by atoms with van der Waals surface area (Å²) in [6.07, 6.45) is -8.40. The van der Waals surface area contributed by atoms with Gasteiger partial charge in [-0.1, -0.05) is 0 Å². The average molecular weight is 261 g/mol. The highest BCUT2D eigenvalue weighted by atomic mass is 19.4. The van der Waals surface area contributed by atoms with Gasteiger partial charge in [0, 0.05) is 11.8 Å². The fourth-order valence-electron chi connectivity index (χ4n) is 1.36. The summed E-state index contributed by atoms with van der Waals surface area (Å²) in [5.41, 5.74) is -4.04. The molecule has 1 rings (SSSR count). The van der Waals surface area contributed by atoms with E-state index in [0.29, 0.717) is 6.20 Å². The highest BCUT2D eigenvalue weighted by Crippen LogP contribution is 2.34. The Hall–Kier alpha value is -2.22. The van der Waals surface area contributed by atoms with Crippen LogP contribution in [0.1, 0.15) is 28.8 Å². The van der Waals surface area contributed by atoms with Crippen molar-refractivity contribution >= 4 is 0 Å². The van der Waals surface area contributed by atoms with Gasteiger partial charge in [0.05, 0.1) is 18.1 Å². The van der Waals surface area contributed by atoms with Crippen molar-refractivity contribution < 1.29 is 22.0 Å². The quantitative estimate of drug-likeness (QED) is 0.769. The summed E-state index contributed by atoms with van der Waals surface area (Å²) in [7, 11) is 0. The number of rotatable bonds is 2. The largest absolute Gasteiger partial charge is 0.434 e. The van der Waals surface area contributed by atoms with Crippen molar-refractivity contribution in [2.45, 2.75) is 19.0 Å². The van der Waals surface area contributed by atoms with Gasteiger partial charge in [-0.25, -0.2) is 13.8 Å². The number of aromatic nitrogens is 1. The molecule has 18 heavy (non-hydrogen) atoms. The lowest BCUT2D eigenvalue weighted by molar-refractivity contribution is -0.141. The molecule has 0 spiro atoms. The van der Waals surface area contributed by atoms with Crippen molar-refractivity contribution in [2.75, 3.05) is 0 Å². The summed E-state index contributed by atoms with van der Waals surface area (Å²) in [6, 6.07) is 2.64. The van der Waals surface area contributed by atoms with Crippen LogP contribution in [0, 0.1) is 22.7 Å². The second kappa shape index (κ2) is 4.96. The van der Waals surface area contributed by atoms with Gasteiger partial charge in [-0.3, -0.25) is 0 Å². The van der Waals surface area contributed by atoms with E-state index in [1.54, 1.807) is 0 Å². The molecule has 94 valence electrons. The topological polar surface area (TPSA) is 60.5 Å². The fourth-order valence-corrected chi connectivity index (χ4v) is 1.36. The van der Waals surface area contributed by atoms with E-state index in [1.165, 1.54) is 12.1 Å². The number of alkyl halides is 5. The van der Waals surface area contributed by atoms with E-state index in [0.717, 1.165) is 0 Å². The Morgan fingerprint density at radius 2 is 1.89 bits per heavy atom. The van der Waals surface area contributed by atoms with Crippen LogP contribution >= 0.6 is 0 Å². The normalized spacial score (nSPS) is 11.1. The summed E-state index contributed by atoms with van der Waals surface area (Å²) in [5, 5.41) is 17.1. The third-order valence-corrected chi connectivity index (χ3v) is 2.09. The standard InChI is InChI=1S/C10H4F5N3/c11-9(12)7-4-18-8(10(13,14)15)6(3-17)5(7)1-2-16/h4,9H,1H2. The molecule has 0 aliphatic rings. The van der Waals surface area contributed by atoms with Crippen LogP contribution in [0.25, 0.3) is 0 Å². The highest BCUT2D eigenvalue weighted by Gasteiger charge is 2.37. The summed E-state index contributed by atoms with van der Waals surface area (Å²) < 4.78 is 62.6. The maximum absolute atomic E-state index is 12.6. The molecule has 3 nitrogen and oxygen atoms in total. The second-order valence-electron chi connectivity index (χ2n) is 3.16. The van der Waals surface area contributed by atoms with Gasteiger partial charge in [0.1, 0.15) is 6.07 Å². The first-order valence-electron chi connectivity index (χ1n) is 4.47. The third kappa shape index (κ3) is 2.54. The summed E-state index contributed by atoms with van der Waals surface area (Å²) in [4.78, 5) is 2.85. The van der Waals surface area contributed by atoms with Gasteiger partial charge in [0.25, 0.3) is 6.43 Å². The molecule has 0 fully saturated rings. The molecule has 0 saturated heterocycles. The molecule has 0 aromatic carbocycles. The monoisotopic (exact) mass is 261 g/mol. The van der Waals surface area contributed by atoms with Gasteiger partial charge in [0.15, 0.2) is 5.69 Å². The second-order valence-corrected chi connectivity index (χ2v) is 3.16. The van der Waals surface area contributed by atoms with E-state index in [9.17, 15) is 22.0 Å². The first-order valence-corrected chi connectivity index (χ1v) is 4.47. The number of hydrogen-bond acceptors (Lipinski definition) is 3. The Kier molecular flexibility index (Phi) is 3.82. The van der Waals surface area contributed by atoms with Crippen molar-refractivity contribution in [2.24, 2.45) is 0 Å². The van der Waals surface area contributed by atoms with Gasteiger partial charge >= 0.3 is 6.18 Å². The van der Waals surface area contributed by atoms with Crippen molar-refractivity contribution in [1.82, 2.24) is 4.98 Å². The van der Waals surface area contributed by atoms with Crippen molar-refractivity contribution in [1.29, 1.82) is 10.5 Å². The van der Waals surface area contributed by atoms with E-state index in [1.807, 2.05) is 0 Å². The minimum absolute atomic E-state index is 0.348. The minimum atomic E-state index is -4.93. The van der Waals surface area contributed by atoms with Crippen LogP contribution in [0.5, 0.6) is 0 Å². The Morgan fingerprint density at radius 3 is 2.28 bits per heavy atom. The molecule has 1 aromatic heterocycles. The molecule has 0 saturated carbocycles. The van der Waals surface area contributed by atoms with Crippen LogP contribution in [0.4, 0.5) is 22.0 Å². The average Bonchev–Trinajstić information content (AvgIpc) is 2.27. The third-order valence-electron chi connectivity index (χ3n) is 2.09. The molecular formula is C10H4F5N3. The van der Waals surface area contributed by atoms with Crippen LogP contribution in [0.3, 0.4) is 0 Å². The predicted molar refractivity (Wildman–Crippen MR) is 48.2 cm³/mol. The minimum Gasteiger partial charge on any atom is -0.250 e. The molecule has 0 atom stereocenters. The van der Waals surface area contributed by atoms with Gasteiger partial charge in [-0.2, -0.15) is 23.7 Å². The van der Waals surface area contributed by atoms with Gasteiger partial charge in [-0.05, 0) is 5.56 Å². The Morgan fingerprint density at radius 1 is 1.28 bits per heavy atom. The van der Waals surface area contributed by atoms with Crippen molar-refractivity contribution in [3.63, 3.8) is 0 Å². The number of pyridine rings is 1. The molecule has 0 unspecified atom stereocenters. The van der Waals surface area contributed by atoms with E-state index < -0.39 is 41.4 Å². The molecule has 0 aliphatic carbocycles. The van der Waals surface area contributed by atoms with Crippen LogP contribution in [0.15, 0.2) is 6.20 Å². The van der Waals surface area contributed by atoms with Crippen molar-refractivity contribution in [3.8, 4) is 12.1 Å². The van der Waals surface area contributed by atoms with Gasteiger partial charge in [-0.15, -0.1) is 0 Å². The molecule has 8 heteroatoms. The number of nitrogens with zero attached hydrogens (tertiary/aromatic N) is 3. The predicted octanol–water partition coefficient (Wildman–Crippen LogP) is 2.98. The van der Waals surface area contributed by atoms with E-state index in [4.69, 9.17) is 10.5 Å². The zero-order chi connectivity index (χ0) is 13.9. The number of hydrogen-bond donors (Lipinski definition) is 0. The molecule has 0 amide bonds. The van der Waals surface area contributed by atoms with Gasteiger partial charge in [0.2, 0.25) is 0 Å². The maximum atomic E-state index is 12.6. The first-order chi connectivity index (χ1) is 8.32. The van der Waals surface area contributed by atoms with E-state index >= 15 is 0 Å². The number of halogens is 5. The molecular weight excluding hydrogens is 257 g/mol. The van der Waals surface area contributed by atoms with E-state index in [2.05, 4.69) is 4.98 Å². The highest BCUT2D eigenvalue weighted by molar-refractivity contribution is 5.47. The fraction of sp³-hybridized carbons (Fsp3) is 0.300. The lowest BCUT2D eigenvalue weighted by Gasteiger charge is -2.13. The zero-order valence-electron chi connectivity index (χ0n) is 8.59. The molecule has 0 radical (unpaired) electrons. The Labute approximate surface area is 98.1 Å². The molecule has 0 bridgehead atoms. The molecule has 1 aromatic rings. The maximum Gasteiger partial charge on any atom is 0.434 e. The van der Waals surface area contributed by atoms with E-state index in [-0.39, 0.29) is 0 Å². The zero-order valence-corrected chi connectivity index (χ0v) is 8.59. The molecule has 0 N–H and O–H groups in total. The number of nitriles is 2. The summed E-state index contributed by atoms with van der Waals surface area (Å²) in [6.45, 7) is 0. The van der Waals surface area contributed by atoms with Crippen LogP contribution in [-0.2, 0) is 12.6 Å². The lowest BCUT2D eigenvalue weighted by Crippen LogP contribution is -2.14. The Bertz CT molecular complexity index is 536. The Balaban J connectivity index is 3.61. The van der Waals surface area contributed by atoms with Crippen LogP contribution in [0.2, 0.25) is 0 Å². The van der Waals surface area contributed by atoms with Crippen molar-refractivity contribution in [3.05, 3.63) is 28.6 Å². The molecule has 0 aliphatic heterocycles. The molecule has 1 heterocycles. The summed E-state index contributed by atoms with van der Waals surface area (Å²) >= 11 is 0. The smallest absolute Gasteiger partial charge is 0.250 e. The lowest BCUT2D eigenvalue weighted by atomic mass is 9.99. The van der Waals surface area contributed by atoms with Crippen LogP contribution in [-0.4, -0.2) is 4.98 Å². The van der Waals surface area contributed by atoms with Gasteiger partial charge < -0.3 is 0 Å².